The fourth-order valence-electron chi connectivity index (χ4n) is 1.90. The molecular formula is C15H20N4O2. The van der Waals surface area contributed by atoms with Gasteiger partial charge in [-0.15, -0.1) is 10.2 Å². The van der Waals surface area contributed by atoms with Gasteiger partial charge in [0.2, 0.25) is 0 Å². The van der Waals surface area contributed by atoms with E-state index < -0.39 is 11.7 Å². The lowest BCUT2D eigenvalue weighted by molar-refractivity contribution is 0.0501. The monoisotopic (exact) mass is 288 g/mol. The zero-order chi connectivity index (χ0) is 15.3. The smallest absolute Gasteiger partial charge is 0.408 e. The molecule has 112 valence electrons. The molecule has 2 rings (SSSR count). The van der Waals surface area contributed by atoms with Gasteiger partial charge in [0.1, 0.15) is 11.9 Å². The average molecular weight is 288 g/mol. The van der Waals surface area contributed by atoms with Crippen molar-refractivity contribution in [3.05, 3.63) is 48.0 Å². The van der Waals surface area contributed by atoms with E-state index in [1.54, 1.807) is 0 Å². The van der Waals surface area contributed by atoms with E-state index in [9.17, 15) is 4.79 Å². The summed E-state index contributed by atoms with van der Waals surface area (Å²) in [6.07, 6.45) is 1.62. The summed E-state index contributed by atoms with van der Waals surface area (Å²) in [6.45, 7) is 5.48. The number of carbonyl (C=O) groups is 1. The summed E-state index contributed by atoms with van der Waals surface area (Å²) < 4.78 is 5.29. The Balaban J connectivity index is 2.08. The topological polar surface area (TPSA) is 79.9 Å². The number of alkyl carbamates (subject to hydrolysis) is 1. The van der Waals surface area contributed by atoms with Crippen molar-refractivity contribution in [3.63, 3.8) is 0 Å². The molecule has 6 heteroatoms. The lowest BCUT2D eigenvalue weighted by Gasteiger charge is -2.22. The van der Waals surface area contributed by atoms with E-state index >= 15 is 0 Å². The minimum absolute atomic E-state index is 0.315. The molecule has 1 aromatic carbocycles. The van der Waals surface area contributed by atoms with Crippen LogP contribution in [0.1, 0.15) is 38.2 Å². The van der Waals surface area contributed by atoms with Gasteiger partial charge in [-0.05, 0) is 26.3 Å². The summed E-state index contributed by atoms with van der Waals surface area (Å²) in [7, 11) is 0. The van der Waals surface area contributed by atoms with Crippen molar-refractivity contribution in [3.8, 4) is 0 Å². The Morgan fingerprint density at radius 1 is 1.33 bits per heavy atom. The van der Waals surface area contributed by atoms with Crippen LogP contribution in [-0.4, -0.2) is 26.9 Å². The van der Waals surface area contributed by atoms with Crippen LogP contribution < -0.4 is 5.32 Å². The molecule has 0 aliphatic rings. The molecule has 1 atom stereocenters. The number of aromatic amines is 1. The summed E-state index contributed by atoms with van der Waals surface area (Å²) in [4.78, 5) is 14.9. The maximum atomic E-state index is 12.0. The normalized spacial score (nSPS) is 12.7. The first-order valence-electron chi connectivity index (χ1n) is 6.83. The number of benzene rings is 1. The number of H-pyrrole nitrogens is 1. The largest absolute Gasteiger partial charge is 0.444 e. The van der Waals surface area contributed by atoms with Crippen LogP contribution in [0.4, 0.5) is 4.79 Å². The predicted molar refractivity (Wildman–Crippen MR) is 78.6 cm³/mol. The zero-order valence-corrected chi connectivity index (χ0v) is 12.5. The second kappa shape index (κ2) is 6.39. The Kier molecular flexibility index (Phi) is 4.57. The summed E-state index contributed by atoms with van der Waals surface area (Å²) >= 11 is 0. The van der Waals surface area contributed by atoms with Gasteiger partial charge in [0.25, 0.3) is 0 Å². The van der Waals surface area contributed by atoms with E-state index in [2.05, 4.69) is 20.5 Å². The maximum Gasteiger partial charge on any atom is 0.408 e. The van der Waals surface area contributed by atoms with Crippen molar-refractivity contribution in [2.24, 2.45) is 0 Å². The Morgan fingerprint density at radius 3 is 2.62 bits per heavy atom. The molecule has 0 radical (unpaired) electrons. The SMILES string of the molecule is CC(C)(C)OC(=O)N[C@@H](Cc1ccccc1)c1nnc[nH]1. The molecule has 0 fully saturated rings. The first-order chi connectivity index (χ1) is 9.94. The van der Waals surface area contributed by atoms with Gasteiger partial charge in [-0.2, -0.15) is 0 Å². The molecule has 2 N–H and O–H groups in total. The standard InChI is InChI=1S/C15H20N4O2/c1-15(2,3)21-14(20)18-12(13-16-10-17-19-13)9-11-7-5-4-6-8-11/h4-8,10,12H,9H2,1-3H3,(H,18,20)(H,16,17,19)/t12-/m0/s1. The third kappa shape index (κ3) is 4.91. The maximum absolute atomic E-state index is 12.0. The molecule has 0 saturated carbocycles. The Morgan fingerprint density at radius 2 is 2.05 bits per heavy atom. The number of rotatable bonds is 4. The van der Waals surface area contributed by atoms with Crippen molar-refractivity contribution in [2.45, 2.75) is 38.8 Å². The summed E-state index contributed by atoms with van der Waals surface area (Å²) in [6, 6.07) is 9.56. The molecule has 0 aliphatic carbocycles. The summed E-state index contributed by atoms with van der Waals surface area (Å²) in [5.41, 5.74) is 0.554. The Labute approximate surface area is 123 Å². The summed E-state index contributed by atoms with van der Waals surface area (Å²) in [5, 5.41) is 10.6. The van der Waals surface area contributed by atoms with E-state index in [-0.39, 0.29) is 6.04 Å². The molecular weight excluding hydrogens is 268 g/mol. The number of nitrogens with one attached hydrogen (secondary N) is 2. The van der Waals surface area contributed by atoms with Crippen molar-refractivity contribution >= 4 is 6.09 Å². The molecule has 0 spiro atoms. The minimum Gasteiger partial charge on any atom is -0.444 e. The van der Waals surface area contributed by atoms with Gasteiger partial charge in [-0.1, -0.05) is 30.3 Å². The molecule has 1 aromatic heterocycles. The number of ether oxygens (including phenoxy) is 1. The van der Waals surface area contributed by atoms with Crippen molar-refractivity contribution in [2.75, 3.05) is 0 Å². The van der Waals surface area contributed by atoms with E-state index in [0.717, 1.165) is 5.56 Å². The highest BCUT2D eigenvalue weighted by Crippen LogP contribution is 2.16. The second-order valence-corrected chi connectivity index (χ2v) is 5.76. The van der Waals surface area contributed by atoms with Crippen LogP contribution in [0.15, 0.2) is 36.7 Å². The molecule has 1 amide bonds. The molecule has 6 nitrogen and oxygen atoms in total. The number of aromatic nitrogens is 3. The molecule has 0 bridgehead atoms. The van der Waals surface area contributed by atoms with Crippen LogP contribution >= 0.6 is 0 Å². The molecule has 21 heavy (non-hydrogen) atoms. The van der Waals surface area contributed by atoms with Crippen LogP contribution in [0.3, 0.4) is 0 Å². The predicted octanol–water partition coefficient (Wildman–Crippen LogP) is 2.61. The number of carbonyl (C=O) groups excluding carboxylic acids is 1. The molecule has 0 unspecified atom stereocenters. The van der Waals surface area contributed by atoms with Gasteiger partial charge < -0.3 is 15.0 Å². The van der Waals surface area contributed by atoms with Gasteiger partial charge in [0.05, 0.1) is 6.04 Å². The molecule has 1 heterocycles. The Bertz CT molecular complexity index is 561. The lowest BCUT2D eigenvalue weighted by atomic mass is 10.1. The Hall–Kier alpha value is -2.37. The van der Waals surface area contributed by atoms with Crippen LogP contribution in [-0.2, 0) is 11.2 Å². The molecule has 2 aromatic rings. The molecule has 0 aliphatic heterocycles. The van der Waals surface area contributed by atoms with Crippen molar-refractivity contribution in [1.82, 2.24) is 20.5 Å². The third-order valence-electron chi connectivity index (χ3n) is 2.74. The number of hydrogen-bond acceptors (Lipinski definition) is 4. The van der Waals surface area contributed by atoms with E-state index in [1.807, 2.05) is 51.1 Å². The van der Waals surface area contributed by atoms with E-state index in [4.69, 9.17) is 4.74 Å². The van der Waals surface area contributed by atoms with Crippen molar-refractivity contribution in [1.29, 1.82) is 0 Å². The lowest BCUT2D eigenvalue weighted by Crippen LogP contribution is -2.36. The van der Waals surface area contributed by atoms with Gasteiger partial charge in [0, 0.05) is 6.42 Å². The van der Waals surface area contributed by atoms with Crippen LogP contribution in [0.25, 0.3) is 0 Å². The van der Waals surface area contributed by atoms with Gasteiger partial charge in [-0.25, -0.2) is 4.79 Å². The van der Waals surface area contributed by atoms with Gasteiger partial charge in [-0.3, -0.25) is 0 Å². The first-order valence-corrected chi connectivity index (χ1v) is 6.83. The quantitative estimate of drug-likeness (QED) is 0.906. The fourth-order valence-corrected chi connectivity index (χ4v) is 1.90. The highest BCUT2D eigenvalue weighted by atomic mass is 16.6. The van der Waals surface area contributed by atoms with Crippen LogP contribution in [0.5, 0.6) is 0 Å². The average Bonchev–Trinajstić information content (AvgIpc) is 2.90. The number of amides is 1. The van der Waals surface area contributed by atoms with E-state index in [0.29, 0.717) is 12.2 Å². The highest BCUT2D eigenvalue weighted by Gasteiger charge is 2.22. The first kappa shape index (κ1) is 15.0. The van der Waals surface area contributed by atoms with Crippen LogP contribution in [0, 0.1) is 0 Å². The minimum atomic E-state index is -0.539. The third-order valence-corrected chi connectivity index (χ3v) is 2.74. The number of hydrogen-bond donors (Lipinski definition) is 2. The summed E-state index contributed by atoms with van der Waals surface area (Å²) in [5.74, 6) is 0.602. The van der Waals surface area contributed by atoms with Crippen LogP contribution in [0.2, 0.25) is 0 Å². The zero-order valence-electron chi connectivity index (χ0n) is 12.5. The van der Waals surface area contributed by atoms with Crippen molar-refractivity contribution < 1.29 is 9.53 Å². The van der Waals surface area contributed by atoms with Gasteiger partial charge >= 0.3 is 6.09 Å². The number of nitrogens with zero attached hydrogens (tertiary/aromatic N) is 2. The second-order valence-electron chi connectivity index (χ2n) is 5.76. The highest BCUT2D eigenvalue weighted by molar-refractivity contribution is 5.68. The fraction of sp³-hybridized carbons (Fsp3) is 0.400. The van der Waals surface area contributed by atoms with E-state index in [1.165, 1.54) is 6.33 Å². The van der Waals surface area contributed by atoms with Gasteiger partial charge in [0.15, 0.2) is 5.82 Å². The molecule has 0 saturated heterocycles.